The highest BCUT2D eigenvalue weighted by molar-refractivity contribution is 5.75. The molecule has 0 bridgehead atoms. The van der Waals surface area contributed by atoms with Crippen LogP contribution in [0.1, 0.15) is 30.5 Å². The van der Waals surface area contributed by atoms with Gasteiger partial charge in [-0.15, -0.1) is 0 Å². The number of halogens is 1. The molecular formula is C18H26FN3O2. The van der Waals surface area contributed by atoms with Crippen LogP contribution in [0.3, 0.4) is 0 Å². The van der Waals surface area contributed by atoms with E-state index < -0.39 is 0 Å². The maximum absolute atomic E-state index is 13.5. The Kier molecular flexibility index (Phi) is 5.68. The molecule has 0 aliphatic carbocycles. The number of hydrogen-bond acceptors (Lipinski definition) is 3. The predicted molar refractivity (Wildman–Crippen MR) is 90.5 cm³/mol. The van der Waals surface area contributed by atoms with Gasteiger partial charge in [-0.3, -0.25) is 4.90 Å². The van der Waals surface area contributed by atoms with Crippen molar-refractivity contribution < 1.29 is 13.9 Å². The molecule has 24 heavy (non-hydrogen) atoms. The summed E-state index contributed by atoms with van der Waals surface area (Å²) in [4.78, 5) is 16.6. The van der Waals surface area contributed by atoms with Gasteiger partial charge in [0.2, 0.25) is 0 Å². The molecule has 0 radical (unpaired) electrons. The summed E-state index contributed by atoms with van der Waals surface area (Å²) >= 11 is 0. The number of morpholine rings is 1. The van der Waals surface area contributed by atoms with Crippen LogP contribution in [0.4, 0.5) is 9.18 Å². The second-order valence-electron chi connectivity index (χ2n) is 6.50. The lowest BCUT2D eigenvalue weighted by molar-refractivity contribution is 0.0374. The van der Waals surface area contributed by atoms with E-state index in [0.29, 0.717) is 13.1 Å². The highest BCUT2D eigenvalue weighted by Gasteiger charge is 2.27. The van der Waals surface area contributed by atoms with E-state index in [2.05, 4.69) is 10.2 Å². The zero-order valence-corrected chi connectivity index (χ0v) is 14.3. The Hall–Kier alpha value is -1.66. The van der Waals surface area contributed by atoms with Crippen LogP contribution in [0.2, 0.25) is 0 Å². The summed E-state index contributed by atoms with van der Waals surface area (Å²) < 4.78 is 18.8. The molecule has 0 spiro atoms. The molecule has 5 nitrogen and oxygen atoms in total. The smallest absolute Gasteiger partial charge is 0.317 e. The summed E-state index contributed by atoms with van der Waals surface area (Å²) in [5.74, 6) is -0.242. The van der Waals surface area contributed by atoms with Gasteiger partial charge in [-0.1, -0.05) is 6.07 Å². The minimum atomic E-state index is -0.242. The molecule has 132 valence electrons. The lowest BCUT2D eigenvalue weighted by atomic mass is 9.94. The van der Waals surface area contributed by atoms with Crippen molar-refractivity contribution in [2.45, 2.75) is 25.8 Å². The van der Waals surface area contributed by atoms with Crippen LogP contribution < -0.4 is 5.32 Å². The standard InChI is InChI=1S/C18H26FN3O2/c1-14-17-13-16(19)4-3-15(17)5-8-22(14)18(23)20-6-2-7-21-9-11-24-12-10-21/h3-4,13-14H,2,5-12H2,1H3,(H,20,23). The number of hydrogen-bond donors (Lipinski definition) is 1. The maximum atomic E-state index is 13.5. The van der Waals surface area contributed by atoms with Crippen LogP contribution in [0, 0.1) is 5.82 Å². The van der Waals surface area contributed by atoms with Crippen LogP contribution in [-0.2, 0) is 11.2 Å². The molecule has 3 rings (SSSR count). The van der Waals surface area contributed by atoms with Crippen molar-refractivity contribution in [2.24, 2.45) is 0 Å². The fourth-order valence-electron chi connectivity index (χ4n) is 3.49. The summed E-state index contributed by atoms with van der Waals surface area (Å²) in [5, 5.41) is 3.00. The first-order chi connectivity index (χ1) is 11.6. The number of ether oxygens (including phenoxy) is 1. The van der Waals surface area contributed by atoms with Gasteiger partial charge in [0, 0.05) is 26.2 Å². The molecule has 1 unspecified atom stereocenters. The number of urea groups is 1. The summed E-state index contributed by atoms with van der Waals surface area (Å²) in [6, 6.07) is 4.73. The number of amides is 2. The Morgan fingerprint density at radius 2 is 2.12 bits per heavy atom. The SMILES string of the molecule is CC1c2cc(F)ccc2CCN1C(=O)NCCCN1CCOCC1. The van der Waals surface area contributed by atoms with Gasteiger partial charge >= 0.3 is 6.03 Å². The zero-order valence-electron chi connectivity index (χ0n) is 14.3. The highest BCUT2D eigenvalue weighted by atomic mass is 19.1. The molecule has 0 aromatic heterocycles. The van der Waals surface area contributed by atoms with E-state index in [1.54, 1.807) is 11.0 Å². The van der Waals surface area contributed by atoms with Gasteiger partial charge in [-0.2, -0.15) is 0 Å². The third-order valence-corrected chi connectivity index (χ3v) is 4.94. The molecule has 1 aromatic carbocycles. The molecule has 6 heteroatoms. The van der Waals surface area contributed by atoms with Gasteiger partial charge in [-0.25, -0.2) is 9.18 Å². The largest absolute Gasteiger partial charge is 0.379 e. The van der Waals surface area contributed by atoms with Crippen LogP contribution in [0.15, 0.2) is 18.2 Å². The Bertz CT molecular complexity index is 575. The van der Waals surface area contributed by atoms with E-state index in [1.165, 1.54) is 6.07 Å². The fraction of sp³-hybridized carbons (Fsp3) is 0.611. The van der Waals surface area contributed by atoms with Crippen molar-refractivity contribution in [3.63, 3.8) is 0 Å². The third kappa shape index (κ3) is 4.05. The first-order valence-corrected chi connectivity index (χ1v) is 8.78. The quantitative estimate of drug-likeness (QED) is 0.858. The maximum Gasteiger partial charge on any atom is 0.317 e. The normalized spacial score (nSPS) is 21.4. The van der Waals surface area contributed by atoms with Crippen molar-refractivity contribution >= 4 is 6.03 Å². The van der Waals surface area contributed by atoms with Crippen molar-refractivity contribution in [3.05, 3.63) is 35.1 Å². The third-order valence-electron chi connectivity index (χ3n) is 4.94. The lowest BCUT2D eigenvalue weighted by Gasteiger charge is -2.35. The average Bonchev–Trinajstić information content (AvgIpc) is 2.60. The first kappa shape index (κ1) is 17.2. The van der Waals surface area contributed by atoms with Gasteiger partial charge in [0.15, 0.2) is 0 Å². The van der Waals surface area contributed by atoms with Gasteiger partial charge in [0.05, 0.1) is 19.3 Å². The Labute approximate surface area is 142 Å². The van der Waals surface area contributed by atoms with E-state index in [9.17, 15) is 9.18 Å². The minimum Gasteiger partial charge on any atom is -0.379 e. The molecule has 2 aliphatic rings. The van der Waals surface area contributed by atoms with Crippen LogP contribution in [-0.4, -0.2) is 61.8 Å². The topological polar surface area (TPSA) is 44.8 Å². The van der Waals surface area contributed by atoms with Gasteiger partial charge in [0.1, 0.15) is 5.82 Å². The predicted octanol–water partition coefficient (Wildman–Crippen LogP) is 2.18. The van der Waals surface area contributed by atoms with Crippen LogP contribution >= 0.6 is 0 Å². The molecule has 2 aliphatic heterocycles. The number of rotatable bonds is 4. The van der Waals surface area contributed by atoms with Gasteiger partial charge in [0.25, 0.3) is 0 Å². The molecule has 1 fully saturated rings. The number of carbonyl (C=O) groups is 1. The number of nitrogens with one attached hydrogen (secondary N) is 1. The van der Waals surface area contributed by atoms with Crippen molar-refractivity contribution in [3.8, 4) is 0 Å². The Balaban J connectivity index is 1.47. The summed E-state index contributed by atoms with van der Waals surface area (Å²) in [6.07, 6.45) is 1.71. The van der Waals surface area contributed by atoms with E-state index in [4.69, 9.17) is 4.74 Å². The van der Waals surface area contributed by atoms with E-state index >= 15 is 0 Å². The van der Waals surface area contributed by atoms with E-state index in [-0.39, 0.29) is 17.9 Å². The van der Waals surface area contributed by atoms with E-state index in [1.807, 2.05) is 13.0 Å². The fourth-order valence-corrected chi connectivity index (χ4v) is 3.49. The average molecular weight is 335 g/mol. The molecule has 1 aromatic rings. The number of fused-ring (bicyclic) bond motifs is 1. The van der Waals surface area contributed by atoms with Crippen LogP contribution in [0.25, 0.3) is 0 Å². The molecule has 1 atom stereocenters. The molecule has 1 N–H and O–H groups in total. The Morgan fingerprint density at radius 3 is 2.92 bits per heavy atom. The van der Waals surface area contributed by atoms with Gasteiger partial charge in [-0.05, 0) is 49.6 Å². The highest BCUT2D eigenvalue weighted by Crippen LogP contribution is 2.29. The summed E-state index contributed by atoms with van der Waals surface area (Å²) in [7, 11) is 0. The molecule has 0 saturated carbocycles. The molecule has 2 heterocycles. The molecule has 2 amide bonds. The van der Waals surface area contributed by atoms with Crippen LogP contribution in [0.5, 0.6) is 0 Å². The number of carbonyl (C=O) groups excluding carboxylic acids is 1. The van der Waals surface area contributed by atoms with E-state index in [0.717, 1.165) is 56.8 Å². The second kappa shape index (κ2) is 7.94. The van der Waals surface area contributed by atoms with Crippen molar-refractivity contribution in [2.75, 3.05) is 45.9 Å². The minimum absolute atomic E-state index is 0.0561. The van der Waals surface area contributed by atoms with Crippen molar-refractivity contribution in [1.29, 1.82) is 0 Å². The second-order valence-corrected chi connectivity index (χ2v) is 6.50. The first-order valence-electron chi connectivity index (χ1n) is 8.78. The summed E-state index contributed by atoms with van der Waals surface area (Å²) in [6.45, 7) is 7.82. The monoisotopic (exact) mass is 335 g/mol. The zero-order chi connectivity index (χ0) is 16.9. The molecule has 1 saturated heterocycles. The molecular weight excluding hydrogens is 309 g/mol. The lowest BCUT2D eigenvalue weighted by Crippen LogP contribution is -2.45. The Morgan fingerprint density at radius 1 is 1.33 bits per heavy atom. The number of benzene rings is 1. The summed E-state index contributed by atoms with van der Waals surface area (Å²) in [5.41, 5.74) is 2.06. The number of nitrogens with zero attached hydrogens (tertiary/aromatic N) is 2. The van der Waals surface area contributed by atoms with Crippen molar-refractivity contribution in [1.82, 2.24) is 15.1 Å². The van der Waals surface area contributed by atoms with Gasteiger partial charge < -0.3 is 15.0 Å².